The Morgan fingerprint density at radius 2 is 2.11 bits per heavy atom. The van der Waals surface area contributed by atoms with Crippen LogP contribution in [-0.2, 0) is 4.74 Å². The van der Waals surface area contributed by atoms with Gasteiger partial charge in [-0.1, -0.05) is 0 Å². The molecule has 2 heterocycles. The first-order chi connectivity index (χ1) is 13.4. The molecule has 3 aromatic rings. The van der Waals surface area contributed by atoms with Gasteiger partial charge in [0.25, 0.3) is 5.82 Å². The molecule has 1 N–H and O–H groups in total. The molecule has 0 saturated heterocycles. The molecule has 0 saturated carbocycles. The predicted molar refractivity (Wildman–Crippen MR) is 99.6 cm³/mol. The summed E-state index contributed by atoms with van der Waals surface area (Å²) in [5.74, 6) is 0.239. The van der Waals surface area contributed by atoms with Crippen molar-refractivity contribution in [3.8, 4) is 17.1 Å². The summed E-state index contributed by atoms with van der Waals surface area (Å²) in [6.07, 6.45) is -1.28. The molecule has 146 valence electrons. The molecule has 0 aliphatic carbocycles. The largest absolute Gasteiger partial charge is 0.468 e. The van der Waals surface area contributed by atoms with Crippen LogP contribution in [0.2, 0.25) is 0 Å². The number of hydrogen-bond donors (Lipinski definition) is 1. The number of hydrogen-bond acceptors (Lipinski definition) is 7. The Bertz CT molecular complexity index is 1030. The Hall–Kier alpha value is -3.66. The van der Waals surface area contributed by atoms with Crippen molar-refractivity contribution in [1.29, 1.82) is 0 Å². The second kappa shape index (κ2) is 7.92. The van der Waals surface area contributed by atoms with Crippen LogP contribution in [0.3, 0.4) is 0 Å². The second-order valence-electron chi connectivity index (χ2n) is 5.70. The lowest BCUT2D eigenvalue weighted by Gasteiger charge is -2.08. The number of benzene rings is 1. The fourth-order valence-electron chi connectivity index (χ4n) is 2.49. The third-order valence-corrected chi connectivity index (χ3v) is 3.93. The fourth-order valence-corrected chi connectivity index (χ4v) is 2.49. The number of amides is 1. The zero-order chi connectivity index (χ0) is 20.3. The molecule has 0 bridgehead atoms. The topological polar surface area (TPSA) is 128 Å². The molecule has 28 heavy (non-hydrogen) atoms. The Kier molecular flexibility index (Phi) is 5.41. The van der Waals surface area contributed by atoms with Crippen LogP contribution < -0.4 is 9.64 Å². The molecule has 0 aliphatic heterocycles. The van der Waals surface area contributed by atoms with Crippen molar-refractivity contribution in [3.05, 3.63) is 46.5 Å². The van der Waals surface area contributed by atoms with Crippen LogP contribution >= 0.6 is 0 Å². The predicted octanol–water partition coefficient (Wildman–Crippen LogP) is 3.89. The summed E-state index contributed by atoms with van der Waals surface area (Å²) in [7, 11) is 1.25. The highest BCUT2D eigenvalue weighted by molar-refractivity contribution is 5.87. The Balaban J connectivity index is 1.99. The summed E-state index contributed by atoms with van der Waals surface area (Å²) in [5.41, 5.74) is 0.653. The molecule has 10 heteroatoms. The number of carboxylic acid groups (broad SMARTS) is 1. The minimum atomic E-state index is -1.28. The number of nitro groups is 1. The quantitative estimate of drug-likeness (QED) is 0.280. The van der Waals surface area contributed by atoms with Crippen molar-refractivity contribution >= 4 is 28.7 Å². The molecule has 3 rings (SSSR count). The maximum Gasteiger partial charge on any atom is 0.414 e. The molecule has 1 aromatic carbocycles. The van der Waals surface area contributed by atoms with Gasteiger partial charge >= 0.3 is 11.9 Å². The van der Waals surface area contributed by atoms with E-state index >= 15 is 0 Å². The number of carbonyl (C=O) groups is 1. The van der Waals surface area contributed by atoms with Gasteiger partial charge in [-0.15, -0.1) is 0 Å². The maximum absolute atomic E-state index is 11.5. The van der Waals surface area contributed by atoms with E-state index in [-0.39, 0.29) is 23.9 Å². The molecule has 10 nitrogen and oxygen atoms in total. The number of rotatable bonds is 7. The van der Waals surface area contributed by atoms with Crippen LogP contribution in [-0.4, -0.2) is 41.6 Å². The smallest absolute Gasteiger partial charge is 0.414 e. The summed E-state index contributed by atoms with van der Waals surface area (Å²) >= 11 is 0. The Morgan fingerprint density at radius 3 is 2.79 bits per heavy atom. The normalized spacial score (nSPS) is 10.8. The van der Waals surface area contributed by atoms with Gasteiger partial charge < -0.3 is 29.1 Å². The van der Waals surface area contributed by atoms with Crippen molar-refractivity contribution in [3.63, 3.8) is 0 Å². The summed E-state index contributed by atoms with van der Waals surface area (Å²) in [4.78, 5) is 26.5. The third kappa shape index (κ3) is 3.86. The lowest BCUT2D eigenvalue weighted by Crippen LogP contribution is -2.24. The first-order valence-corrected chi connectivity index (χ1v) is 8.27. The fraction of sp³-hybridized carbons (Fsp3) is 0.222. The molecule has 0 atom stereocenters. The van der Waals surface area contributed by atoms with Crippen molar-refractivity contribution in [1.82, 2.24) is 4.98 Å². The molecule has 0 aliphatic rings. The lowest BCUT2D eigenvalue weighted by atomic mass is 10.1. The van der Waals surface area contributed by atoms with Gasteiger partial charge in [-0.2, -0.15) is 0 Å². The molecule has 0 spiro atoms. The van der Waals surface area contributed by atoms with Crippen molar-refractivity contribution in [2.24, 2.45) is 0 Å². The van der Waals surface area contributed by atoms with E-state index in [1.54, 1.807) is 24.3 Å². The molecule has 0 unspecified atom stereocenters. The van der Waals surface area contributed by atoms with E-state index < -0.39 is 16.8 Å². The first kappa shape index (κ1) is 19.1. The van der Waals surface area contributed by atoms with Gasteiger partial charge in [-0.05, 0) is 47.2 Å². The third-order valence-electron chi connectivity index (χ3n) is 3.93. The van der Waals surface area contributed by atoms with Gasteiger partial charge in [-0.25, -0.2) is 9.69 Å². The molecular formula is C18H17N3O7. The zero-order valence-electron chi connectivity index (χ0n) is 15.1. The SMILES string of the molecule is CCOCOc1ccc2oc(-c3ccc(N(C)C(=O)O)nc3[N+](=O)[O-])cc2c1. The van der Waals surface area contributed by atoms with Crippen molar-refractivity contribution in [2.45, 2.75) is 6.92 Å². The van der Waals surface area contributed by atoms with E-state index in [1.165, 1.54) is 19.2 Å². The highest BCUT2D eigenvalue weighted by atomic mass is 16.7. The number of anilines is 1. The van der Waals surface area contributed by atoms with E-state index in [9.17, 15) is 14.9 Å². The number of ether oxygens (including phenoxy) is 2. The van der Waals surface area contributed by atoms with E-state index in [4.69, 9.17) is 19.0 Å². The lowest BCUT2D eigenvalue weighted by molar-refractivity contribution is -0.388. The average molecular weight is 387 g/mol. The van der Waals surface area contributed by atoms with E-state index in [0.29, 0.717) is 23.3 Å². The van der Waals surface area contributed by atoms with E-state index in [2.05, 4.69) is 4.98 Å². The van der Waals surface area contributed by atoms with E-state index in [0.717, 1.165) is 4.90 Å². The van der Waals surface area contributed by atoms with Gasteiger partial charge in [0, 0.05) is 25.1 Å². The van der Waals surface area contributed by atoms with Crippen molar-refractivity contribution in [2.75, 3.05) is 25.3 Å². The molecule has 0 fully saturated rings. The number of aromatic nitrogens is 1. The standard InChI is InChI=1S/C18H17N3O7/c1-3-26-10-27-12-4-6-14-11(8-12)9-15(28-14)13-5-7-16(20(2)18(22)23)19-17(13)21(24)25/h4-9H,3,10H2,1-2H3,(H,22,23). The van der Waals surface area contributed by atoms with Crippen LogP contribution in [0.4, 0.5) is 16.4 Å². The Morgan fingerprint density at radius 1 is 1.32 bits per heavy atom. The summed E-state index contributed by atoms with van der Waals surface area (Å²) in [6, 6.07) is 9.53. The number of nitrogens with zero attached hydrogens (tertiary/aromatic N) is 3. The van der Waals surface area contributed by atoms with Gasteiger partial charge in [0.1, 0.15) is 22.7 Å². The van der Waals surface area contributed by atoms with Crippen LogP contribution in [0, 0.1) is 10.1 Å². The maximum atomic E-state index is 11.5. The van der Waals surface area contributed by atoms with Crippen LogP contribution in [0.25, 0.3) is 22.3 Å². The van der Waals surface area contributed by atoms with Gasteiger partial charge in [0.05, 0.1) is 0 Å². The van der Waals surface area contributed by atoms with Crippen molar-refractivity contribution < 1.29 is 28.7 Å². The van der Waals surface area contributed by atoms with Gasteiger partial charge in [-0.3, -0.25) is 0 Å². The average Bonchev–Trinajstić information content (AvgIpc) is 3.10. The molecule has 0 radical (unpaired) electrons. The van der Waals surface area contributed by atoms with Crippen LogP contribution in [0.15, 0.2) is 40.8 Å². The first-order valence-electron chi connectivity index (χ1n) is 8.27. The second-order valence-corrected chi connectivity index (χ2v) is 5.70. The molecular weight excluding hydrogens is 370 g/mol. The molecule has 1 amide bonds. The highest BCUT2D eigenvalue weighted by Gasteiger charge is 2.25. The van der Waals surface area contributed by atoms with E-state index in [1.807, 2.05) is 6.92 Å². The number of pyridine rings is 1. The summed E-state index contributed by atoms with van der Waals surface area (Å²) in [6.45, 7) is 2.50. The van der Waals surface area contributed by atoms with Crippen LogP contribution in [0.5, 0.6) is 5.75 Å². The minimum absolute atomic E-state index is 0.0642. The number of fused-ring (bicyclic) bond motifs is 1. The van der Waals surface area contributed by atoms with Gasteiger partial charge in [0.2, 0.25) is 0 Å². The van der Waals surface area contributed by atoms with Crippen LogP contribution in [0.1, 0.15) is 6.92 Å². The molecule has 2 aromatic heterocycles. The summed E-state index contributed by atoms with van der Waals surface area (Å²) in [5, 5.41) is 21.2. The monoisotopic (exact) mass is 387 g/mol. The highest BCUT2D eigenvalue weighted by Crippen LogP contribution is 2.35. The zero-order valence-corrected chi connectivity index (χ0v) is 15.1. The minimum Gasteiger partial charge on any atom is -0.468 e. The number of furan rings is 1. The summed E-state index contributed by atoms with van der Waals surface area (Å²) < 4.78 is 16.3. The van der Waals surface area contributed by atoms with Gasteiger partial charge in [0.15, 0.2) is 6.79 Å². The Labute approximate surface area is 159 Å².